The number of nitrogens with zero attached hydrogens (tertiary/aromatic N) is 4. The highest BCUT2D eigenvalue weighted by atomic mass is 79.9. The molecule has 0 atom stereocenters. The molecule has 1 fully saturated rings. The van der Waals surface area contributed by atoms with E-state index in [4.69, 9.17) is 0 Å². The van der Waals surface area contributed by atoms with Crippen LogP contribution in [0.3, 0.4) is 0 Å². The fourth-order valence-corrected chi connectivity index (χ4v) is 3.90. The molecule has 146 valence electrons. The van der Waals surface area contributed by atoms with Crippen molar-refractivity contribution in [3.63, 3.8) is 0 Å². The molecule has 0 unspecified atom stereocenters. The van der Waals surface area contributed by atoms with E-state index in [-0.39, 0.29) is 23.9 Å². The Morgan fingerprint density at radius 1 is 1.14 bits per heavy atom. The van der Waals surface area contributed by atoms with Gasteiger partial charge in [0.05, 0.1) is 13.1 Å². The van der Waals surface area contributed by atoms with Crippen molar-refractivity contribution in [1.29, 1.82) is 0 Å². The van der Waals surface area contributed by atoms with Crippen molar-refractivity contribution in [3.8, 4) is 0 Å². The van der Waals surface area contributed by atoms with E-state index >= 15 is 0 Å². The molecule has 8 heteroatoms. The smallest absolute Gasteiger partial charge is 0.305 e. The summed E-state index contributed by atoms with van der Waals surface area (Å²) >= 11 is 3.39. The molecule has 0 saturated heterocycles. The maximum atomic E-state index is 13.1. The molecule has 1 aromatic carbocycles. The second-order valence-corrected chi connectivity index (χ2v) is 7.90. The van der Waals surface area contributed by atoms with Crippen LogP contribution in [0.5, 0.6) is 0 Å². The number of fused-ring (bicyclic) bond motifs is 1. The second kappa shape index (κ2) is 7.50. The van der Waals surface area contributed by atoms with Crippen molar-refractivity contribution in [2.24, 2.45) is 5.92 Å². The van der Waals surface area contributed by atoms with Crippen LogP contribution < -0.4 is 11.2 Å². The van der Waals surface area contributed by atoms with Gasteiger partial charge in [0, 0.05) is 12.5 Å². The van der Waals surface area contributed by atoms with E-state index in [2.05, 4.69) is 20.9 Å². The molecule has 0 amide bonds. The number of hydrogen-bond acceptors (Lipinski definition) is 4. The van der Waals surface area contributed by atoms with Crippen LogP contribution in [0.4, 0.5) is 0 Å². The molecule has 0 spiro atoms. The van der Waals surface area contributed by atoms with Gasteiger partial charge in [-0.2, -0.15) is 0 Å². The number of benzene rings is 1. The minimum absolute atomic E-state index is 0.0810. The quantitative estimate of drug-likeness (QED) is 0.524. The molecule has 2 heterocycles. The highest BCUT2D eigenvalue weighted by Gasteiger charge is 2.31. The van der Waals surface area contributed by atoms with Gasteiger partial charge in [-0.3, -0.25) is 18.7 Å². The molecular weight excluding hydrogens is 424 g/mol. The molecule has 28 heavy (non-hydrogen) atoms. The molecule has 4 rings (SSSR count). The minimum Gasteiger partial charge on any atom is -0.305 e. The highest BCUT2D eigenvalue weighted by Crippen LogP contribution is 2.31. The van der Waals surface area contributed by atoms with E-state index in [0.29, 0.717) is 35.4 Å². The van der Waals surface area contributed by atoms with Crippen LogP contribution in [-0.4, -0.2) is 24.5 Å². The van der Waals surface area contributed by atoms with Gasteiger partial charge in [0.25, 0.3) is 5.56 Å². The van der Waals surface area contributed by atoms with E-state index in [1.807, 2.05) is 37.3 Å². The Kier molecular flexibility index (Phi) is 5.05. The third-order valence-corrected chi connectivity index (χ3v) is 5.65. The number of Topliss-reactive ketones (excluding diaryl/α,β-unsaturated/α-hetero) is 1. The Hall–Kier alpha value is -2.48. The van der Waals surface area contributed by atoms with Crippen molar-refractivity contribution in [1.82, 2.24) is 18.7 Å². The second-order valence-electron chi connectivity index (χ2n) is 7.19. The monoisotopic (exact) mass is 444 g/mol. The van der Waals surface area contributed by atoms with Crippen LogP contribution in [0.15, 0.2) is 44.7 Å². The summed E-state index contributed by atoms with van der Waals surface area (Å²) in [6.07, 6.45) is 2.46. The van der Waals surface area contributed by atoms with E-state index in [1.54, 1.807) is 4.57 Å². The zero-order valence-electron chi connectivity index (χ0n) is 15.6. The number of ketones is 1. The first-order valence-corrected chi connectivity index (χ1v) is 10.3. The van der Waals surface area contributed by atoms with Crippen LogP contribution in [0.25, 0.3) is 11.2 Å². The lowest BCUT2D eigenvalue weighted by Crippen LogP contribution is -2.41. The Morgan fingerprint density at radius 3 is 2.50 bits per heavy atom. The summed E-state index contributed by atoms with van der Waals surface area (Å²) in [7, 11) is 0. The fourth-order valence-electron chi connectivity index (χ4n) is 3.43. The average molecular weight is 445 g/mol. The summed E-state index contributed by atoms with van der Waals surface area (Å²) in [5.74, 6) is 0.180. The summed E-state index contributed by atoms with van der Waals surface area (Å²) in [5, 5.41) is 0. The molecule has 1 saturated carbocycles. The van der Waals surface area contributed by atoms with Crippen molar-refractivity contribution in [2.45, 2.75) is 45.8 Å². The zero-order chi connectivity index (χ0) is 19.8. The number of halogens is 1. The summed E-state index contributed by atoms with van der Waals surface area (Å²) in [5.41, 5.74) is 0.765. The largest absolute Gasteiger partial charge is 0.333 e. The molecule has 1 aliphatic carbocycles. The van der Waals surface area contributed by atoms with E-state index in [0.717, 1.165) is 18.4 Å². The molecule has 2 aromatic heterocycles. The van der Waals surface area contributed by atoms with Crippen LogP contribution in [0, 0.1) is 5.92 Å². The molecule has 0 radical (unpaired) electrons. The van der Waals surface area contributed by atoms with Crippen LogP contribution in [0.1, 0.15) is 31.7 Å². The third-order valence-electron chi connectivity index (χ3n) is 5.05. The lowest BCUT2D eigenvalue weighted by molar-refractivity contribution is -0.120. The van der Waals surface area contributed by atoms with Gasteiger partial charge in [0.1, 0.15) is 0 Å². The predicted octanol–water partition coefficient (Wildman–Crippen LogP) is 2.56. The average Bonchev–Trinajstić information content (AvgIpc) is 3.49. The lowest BCUT2D eigenvalue weighted by atomic mass is 10.2. The number of hydrogen-bond donors (Lipinski definition) is 0. The first-order valence-electron chi connectivity index (χ1n) is 9.47. The van der Waals surface area contributed by atoms with E-state index < -0.39 is 5.56 Å². The standard InChI is InChI=1S/C20H21BrN4O3/c1-2-10-23-18(27)16-17(22-19(21)24(16)12-15(26)14-8-9-14)25(20(23)28)11-13-6-4-3-5-7-13/h3-7,14H,2,8-12H2,1H3. The SMILES string of the molecule is CCCn1c(=O)c2c(nc(Br)n2CC(=O)C2CC2)n(Cc2ccccc2)c1=O. The first-order chi connectivity index (χ1) is 13.5. The Balaban J connectivity index is 1.93. The van der Waals surface area contributed by atoms with Crippen LogP contribution in [-0.2, 0) is 24.4 Å². The topological polar surface area (TPSA) is 78.9 Å². The fraction of sp³-hybridized carbons (Fsp3) is 0.400. The summed E-state index contributed by atoms with van der Waals surface area (Å²) in [6, 6.07) is 9.58. The maximum Gasteiger partial charge on any atom is 0.333 e. The van der Waals surface area contributed by atoms with Crippen LogP contribution in [0.2, 0.25) is 0 Å². The van der Waals surface area contributed by atoms with Crippen molar-refractivity contribution in [2.75, 3.05) is 0 Å². The van der Waals surface area contributed by atoms with Crippen molar-refractivity contribution < 1.29 is 4.79 Å². The number of carbonyl (C=O) groups is 1. The molecule has 0 aliphatic heterocycles. The van der Waals surface area contributed by atoms with Gasteiger partial charge in [-0.05, 0) is 40.8 Å². The Labute approximate surface area is 169 Å². The van der Waals surface area contributed by atoms with Crippen molar-refractivity contribution >= 4 is 32.9 Å². The van der Waals surface area contributed by atoms with Gasteiger partial charge in [0.15, 0.2) is 21.7 Å². The molecule has 0 N–H and O–H groups in total. The zero-order valence-corrected chi connectivity index (χ0v) is 17.2. The Morgan fingerprint density at radius 2 is 1.86 bits per heavy atom. The number of rotatable bonds is 7. The molecule has 1 aliphatic rings. The number of carbonyl (C=O) groups excluding carboxylic acids is 1. The van der Waals surface area contributed by atoms with Gasteiger partial charge >= 0.3 is 5.69 Å². The van der Waals surface area contributed by atoms with E-state index in [1.165, 1.54) is 9.13 Å². The molecule has 7 nitrogen and oxygen atoms in total. The summed E-state index contributed by atoms with van der Waals surface area (Å²) in [6.45, 7) is 2.63. The highest BCUT2D eigenvalue weighted by molar-refractivity contribution is 9.10. The van der Waals surface area contributed by atoms with Gasteiger partial charge < -0.3 is 4.57 Å². The molecule has 3 aromatic rings. The van der Waals surface area contributed by atoms with E-state index in [9.17, 15) is 14.4 Å². The van der Waals surface area contributed by atoms with Gasteiger partial charge in [-0.1, -0.05) is 37.3 Å². The van der Waals surface area contributed by atoms with Gasteiger partial charge in [-0.15, -0.1) is 0 Å². The number of aromatic nitrogens is 4. The van der Waals surface area contributed by atoms with Gasteiger partial charge in [0.2, 0.25) is 0 Å². The molecular formula is C20H21BrN4O3. The molecule has 0 bridgehead atoms. The number of imidazole rings is 1. The van der Waals surface area contributed by atoms with Gasteiger partial charge in [-0.25, -0.2) is 9.78 Å². The third kappa shape index (κ3) is 3.37. The lowest BCUT2D eigenvalue weighted by Gasteiger charge is -2.12. The first kappa shape index (κ1) is 18.9. The minimum atomic E-state index is -0.395. The predicted molar refractivity (Wildman–Crippen MR) is 110 cm³/mol. The van der Waals surface area contributed by atoms with Crippen LogP contribution >= 0.6 is 15.9 Å². The summed E-state index contributed by atoms with van der Waals surface area (Å²) in [4.78, 5) is 43.0. The summed E-state index contributed by atoms with van der Waals surface area (Å²) < 4.78 is 4.76. The normalized spacial score (nSPS) is 13.9. The Bertz CT molecular complexity index is 1160. The van der Waals surface area contributed by atoms with Crippen molar-refractivity contribution in [3.05, 3.63) is 61.5 Å². The maximum absolute atomic E-state index is 13.1.